The zero-order valence-electron chi connectivity index (χ0n) is 13.4. The van der Waals surface area contributed by atoms with Crippen LogP contribution in [0.2, 0.25) is 5.02 Å². The van der Waals surface area contributed by atoms with E-state index in [2.05, 4.69) is 18.5 Å². The molecule has 0 aliphatic heterocycles. The van der Waals surface area contributed by atoms with E-state index in [4.69, 9.17) is 11.6 Å². The van der Waals surface area contributed by atoms with Crippen LogP contribution in [0, 0.1) is 25.2 Å². The molecule has 1 amide bonds. The number of halogens is 1. The number of carbonyl (C=O) groups excluding carboxylic acids is 1. The number of amides is 1. The van der Waals surface area contributed by atoms with E-state index in [1.54, 1.807) is 12.2 Å². The molecule has 1 aromatic rings. The van der Waals surface area contributed by atoms with Gasteiger partial charge in [-0.3, -0.25) is 4.79 Å². The Labute approximate surface area is 142 Å². The van der Waals surface area contributed by atoms with Crippen LogP contribution in [0.15, 0.2) is 49.2 Å². The Morgan fingerprint density at radius 2 is 1.96 bits per heavy atom. The third-order valence-corrected chi connectivity index (χ3v) is 3.43. The highest BCUT2D eigenvalue weighted by Gasteiger charge is 2.16. The lowest BCUT2D eigenvalue weighted by atomic mass is 10.1. The summed E-state index contributed by atoms with van der Waals surface area (Å²) in [6.45, 7) is 11.8. The average molecular weight is 330 g/mol. The molecule has 0 saturated heterocycles. The molecular weight excluding hydrogens is 310 g/mol. The second-order valence-electron chi connectivity index (χ2n) is 5.04. The maximum Gasteiger partial charge on any atom is 0.266 e. The second-order valence-corrected chi connectivity index (χ2v) is 5.45. The van der Waals surface area contributed by atoms with Gasteiger partial charge in [-0.05, 0) is 31.0 Å². The number of carbonyl (C=O) groups is 1. The molecule has 1 rings (SSSR count). The van der Waals surface area contributed by atoms with E-state index in [-0.39, 0.29) is 11.5 Å². The minimum atomic E-state index is -0.388. The van der Waals surface area contributed by atoms with Gasteiger partial charge in [0.2, 0.25) is 0 Å². The molecule has 0 spiro atoms. The van der Waals surface area contributed by atoms with Crippen molar-refractivity contribution >= 4 is 23.2 Å². The molecule has 0 aliphatic carbocycles. The van der Waals surface area contributed by atoms with E-state index < -0.39 is 0 Å². The van der Waals surface area contributed by atoms with Crippen molar-refractivity contribution in [1.82, 2.24) is 4.90 Å². The van der Waals surface area contributed by atoms with Gasteiger partial charge in [0.05, 0.1) is 10.7 Å². The number of anilines is 1. The minimum absolute atomic E-state index is 0.00950. The van der Waals surface area contributed by atoms with Gasteiger partial charge in [0, 0.05) is 19.3 Å². The van der Waals surface area contributed by atoms with Gasteiger partial charge in [0.25, 0.3) is 5.91 Å². The summed E-state index contributed by atoms with van der Waals surface area (Å²) in [5.41, 5.74) is 2.65. The van der Waals surface area contributed by atoms with Gasteiger partial charge in [-0.25, -0.2) is 0 Å². The van der Waals surface area contributed by atoms with Crippen molar-refractivity contribution in [3.8, 4) is 6.07 Å². The highest BCUT2D eigenvalue weighted by atomic mass is 35.5. The SMILES string of the molecule is C=CCN(CC=C)C(=O)/C(C#N)=C\Nc1c(C)cc(C)cc1Cl. The molecule has 0 heterocycles. The maximum absolute atomic E-state index is 12.4. The molecule has 5 heteroatoms. The molecule has 0 bridgehead atoms. The second kappa shape index (κ2) is 8.82. The molecule has 120 valence electrons. The Morgan fingerprint density at radius 3 is 2.43 bits per heavy atom. The Morgan fingerprint density at radius 1 is 1.35 bits per heavy atom. The molecule has 4 nitrogen and oxygen atoms in total. The zero-order chi connectivity index (χ0) is 17.4. The maximum atomic E-state index is 12.4. The van der Waals surface area contributed by atoms with Gasteiger partial charge in [-0.15, -0.1) is 13.2 Å². The monoisotopic (exact) mass is 329 g/mol. The number of hydrogen-bond donors (Lipinski definition) is 1. The van der Waals surface area contributed by atoms with Crippen LogP contribution in [0.4, 0.5) is 5.69 Å². The van der Waals surface area contributed by atoms with Crippen LogP contribution >= 0.6 is 11.6 Å². The number of aryl methyl sites for hydroxylation is 2. The first-order valence-electron chi connectivity index (χ1n) is 7.09. The molecule has 1 aromatic carbocycles. The van der Waals surface area contributed by atoms with Crippen molar-refractivity contribution in [3.63, 3.8) is 0 Å². The van der Waals surface area contributed by atoms with E-state index in [9.17, 15) is 10.1 Å². The minimum Gasteiger partial charge on any atom is -0.359 e. The van der Waals surface area contributed by atoms with Gasteiger partial charge in [-0.1, -0.05) is 29.8 Å². The number of hydrogen-bond acceptors (Lipinski definition) is 3. The number of rotatable bonds is 7. The van der Waals surface area contributed by atoms with Crippen LogP contribution in [0.1, 0.15) is 11.1 Å². The fourth-order valence-electron chi connectivity index (χ4n) is 2.11. The molecule has 0 aliphatic rings. The molecule has 23 heavy (non-hydrogen) atoms. The predicted octanol–water partition coefficient (Wildman–Crippen LogP) is 3.98. The van der Waals surface area contributed by atoms with Gasteiger partial charge in [0.15, 0.2) is 0 Å². The summed E-state index contributed by atoms with van der Waals surface area (Å²) in [6, 6.07) is 5.71. The van der Waals surface area contributed by atoms with Gasteiger partial charge < -0.3 is 10.2 Å². The molecule has 0 fully saturated rings. The summed E-state index contributed by atoms with van der Waals surface area (Å²) < 4.78 is 0. The van der Waals surface area contributed by atoms with Crippen molar-refractivity contribution < 1.29 is 4.79 Å². The highest BCUT2D eigenvalue weighted by Crippen LogP contribution is 2.27. The fraction of sp³-hybridized carbons (Fsp3) is 0.222. The molecular formula is C18H20ClN3O. The smallest absolute Gasteiger partial charge is 0.266 e. The van der Waals surface area contributed by atoms with Gasteiger partial charge in [0.1, 0.15) is 11.6 Å². The van der Waals surface area contributed by atoms with E-state index in [1.165, 1.54) is 11.1 Å². The third-order valence-electron chi connectivity index (χ3n) is 3.13. The van der Waals surface area contributed by atoms with Crippen LogP contribution in [-0.2, 0) is 4.79 Å². The van der Waals surface area contributed by atoms with Gasteiger partial charge in [-0.2, -0.15) is 5.26 Å². The van der Waals surface area contributed by atoms with Crippen LogP contribution in [0.5, 0.6) is 0 Å². The summed E-state index contributed by atoms with van der Waals surface area (Å²) in [6.07, 6.45) is 4.58. The first-order chi connectivity index (χ1) is 10.9. The van der Waals surface area contributed by atoms with E-state index in [0.717, 1.165) is 11.1 Å². The van der Waals surface area contributed by atoms with Crippen molar-refractivity contribution in [2.45, 2.75) is 13.8 Å². The molecule has 0 aromatic heterocycles. The standard InChI is InChI=1S/C18H20ClN3O/c1-5-7-22(8-6-2)18(23)15(11-20)12-21-17-14(4)9-13(3)10-16(17)19/h5-6,9-10,12,21H,1-2,7-8H2,3-4H3/b15-12-. The lowest BCUT2D eigenvalue weighted by molar-refractivity contribution is -0.125. The summed E-state index contributed by atoms with van der Waals surface area (Å²) in [7, 11) is 0. The quantitative estimate of drug-likeness (QED) is 0.467. The fourth-order valence-corrected chi connectivity index (χ4v) is 2.48. The topological polar surface area (TPSA) is 56.1 Å². The predicted molar refractivity (Wildman–Crippen MR) is 95.2 cm³/mol. The molecule has 0 radical (unpaired) electrons. The van der Waals surface area contributed by atoms with Gasteiger partial charge >= 0.3 is 0 Å². The molecule has 0 unspecified atom stereocenters. The van der Waals surface area contributed by atoms with E-state index in [0.29, 0.717) is 23.8 Å². The Bertz CT molecular complexity index is 653. The van der Waals surface area contributed by atoms with Crippen LogP contribution < -0.4 is 5.32 Å². The lowest BCUT2D eigenvalue weighted by Crippen LogP contribution is -2.32. The summed E-state index contributed by atoms with van der Waals surface area (Å²) in [5.74, 6) is -0.388. The summed E-state index contributed by atoms with van der Waals surface area (Å²) in [5, 5.41) is 12.8. The number of benzene rings is 1. The number of nitrogens with zero attached hydrogens (tertiary/aromatic N) is 2. The lowest BCUT2D eigenvalue weighted by Gasteiger charge is -2.18. The Hall–Kier alpha value is -2.51. The first kappa shape index (κ1) is 18.5. The van der Waals surface area contributed by atoms with Crippen molar-refractivity contribution in [1.29, 1.82) is 5.26 Å². The Kier molecular flexibility index (Phi) is 7.11. The van der Waals surface area contributed by atoms with Crippen LogP contribution in [-0.4, -0.2) is 23.9 Å². The normalized spacial score (nSPS) is 10.6. The van der Waals surface area contributed by atoms with E-state index >= 15 is 0 Å². The number of nitrogens with one attached hydrogen (secondary N) is 1. The first-order valence-corrected chi connectivity index (χ1v) is 7.47. The van der Waals surface area contributed by atoms with Crippen LogP contribution in [0.25, 0.3) is 0 Å². The van der Waals surface area contributed by atoms with Crippen molar-refractivity contribution in [2.24, 2.45) is 0 Å². The summed E-state index contributed by atoms with van der Waals surface area (Å²) in [4.78, 5) is 13.8. The van der Waals surface area contributed by atoms with Crippen molar-refractivity contribution in [2.75, 3.05) is 18.4 Å². The number of nitriles is 1. The molecule has 0 saturated carbocycles. The van der Waals surface area contributed by atoms with Crippen molar-refractivity contribution in [3.05, 3.63) is 65.4 Å². The largest absolute Gasteiger partial charge is 0.359 e. The van der Waals surface area contributed by atoms with Crippen LogP contribution in [0.3, 0.4) is 0 Å². The zero-order valence-corrected chi connectivity index (χ0v) is 14.2. The third kappa shape index (κ3) is 5.01. The average Bonchev–Trinajstić information content (AvgIpc) is 2.49. The summed E-state index contributed by atoms with van der Waals surface area (Å²) >= 11 is 6.21. The Balaban J connectivity index is 3.04. The molecule has 0 atom stereocenters. The van der Waals surface area contributed by atoms with E-state index in [1.807, 2.05) is 32.0 Å². The molecule has 1 N–H and O–H groups in total. The highest BCUT2D eigenvalue weighted by molar-refractivity contribution is 6.33.